The lowest BCUT2D eigenvalue weighted by Crippen LogP contribution is -2.40. The van der Waals surface area contributed by atoms with Crippen LogP contribution in [0.25, 0.3) is 0 Å². The normalized spacial score (nSPS) is 19.8. The van der Waals surface area contributed by atoms with E-state index in [0.717, 1.165) is 0 Å². The highest BCUT2D eigenvalue weighted by Crippen LogP contribution is 2.24. The number of carbonyl (C=O) groups excluding carboxylic acids is 1. The number of benzene rings is 1. The molecule has 1 aromatic rings. The second-order valence-corrected chi connectivity index (χ2v) is 5.21. The highest BCUT2D eigenvalue weighted by Gasteiger charge is 2.23. The molecule has 19 heavy (non-hydrogen) atoms. The first-order chi connectivity index (χ1) is 9.09. The zero-order chi connectivity index (χ0) is 13.8. The van der Waals surface area contributed by atoms with Gasteiger partial charge in [-0.15, -0.1) is 0 Å². The molecule has 2 N–H and O–H groups in total. The van der Waals surface area contributed by atoms with Crippen molar-refractivity contribution in [3.8, 4) is 0 Å². The van der Waals surface area contributed by atoms with E-state index in [0.29, 0.717) is 37.4 Å². The van der Waals surface area contributed by atoms with Crippen LogP contribution in [0.3, 0.4) is 0 Å². The second kappa shape index (κ2) is 6.25. The molecule has 0 aromatic heterocycles. The molecule has 1 amide bonds. The van der Waals surface area contributed by atoms with Crippen molar-refractivity contribution in [2.24, 2.45) is 5.73 Å². The van der Waals surface area contributed by atoms with Crippen LogP contribution in [0.15, 0.2) is 24.3 Å². The van der Waals surface area contributed by atoms with Gasteiger partial charge in [0.25, 0.3) is 0 Å². The Morgan fingerprint density at radius 3 is 2.37 bits per heavy atom. The molecule has 0 radical (unpaired) electrons. The van der Waals surface area contributed by atoms with E-state index < -0.39 is 22.4 Å². The van der Waals surface area contributed by atoms with E-state index in [1.165, 1.54) is 12.1 Å². The van der Waals surface area contributed by atoms with E-state index in [2.05, 4.69) is 0 Å². The number of rotatable bonds is 4. The molecule has 0 saturated carbocycles. The first kappa shape index (κ1) is 14.1. The first-order valence-corrected chi connectivity index (χ1v) is 7.03. The van der Waals surface area contributed by atoms with Gasteiger partial charge in [0.05, 0.1) is 18.6 Å². The molecule has 2 rings (SSSR count). The van der Waals surface area contributed by atoms with Gasteiger partial charge in [-0.1, -0.05) is 12.1 Å². The lowest BCUT2D eigenvalue weighted by Gasteiger charge is -2.35. The number of hydrogen-bond donors (Lipinski definition) is 1. The van der Waals surface area contributed by atoms with Crippen molar-refractivity contribution in [2.75, 3.05) is 26.3 Å². The first-order valence-electron chi connectivity index (χ1n) is 5.89. The quantitative estimate of drug-likeness (QED) is 0.784. The van der Waals surface area contributed by atoms with Gasteiger partial charge in [0, 0.05) is 18.7 Å². The molecule has 1 aliphatic rings. The minimum absolute atomic E-state index is 0.362. The van der Waals surface area contributed by atoms with Gasteiger partial charge in [-0.3, -0.25) is 13.9 Å². The highest BCUT2D eigenvalue weighted by atomic mass is 32.2. The number of nitrogens with zero attached hydrogens (tertiary/aromatic N) is 1. The number of morpholine rings is 1. The van der Waals surface area contributed by atoms with E-state index in [-0.39, 0.29) is 0 Å². The molecule has 0 aliphatic carbocycles. The summed E-state index contributed by atoms with van der Waals surface area (Å²) < 4.78 is 28.1. The molecular weight excluding hydrogens is 268 g/mol. The maximum Gasteiger partial charge on any atom is 0.248 e. The Hall–Kier alpha value is -1.28. The van der Waals surface area contributed by atoms with Crippen LogP contribution in [-0.4, -0.2) is 45.9 Å². The Kier molecular flexibility index (Phi) is 4.65. The summed E-state index contributed by atoms with van der Waals surface area (Å²) in [6, 6.07) is 6.32. The summed E-state index contributed by atoms with van der Waals surface area (Å²) in [7, 11) is 0. The minimum Gasteiger partial charge on any atom is -0.771 e. The Bertz CT molecular complexity index is 471. The fourth-order valence-corrected chi connectivity index (χ4v) is 2.90. The SMILES string of the molecule is NC(=O)c1ccc(C(N2CCOCC2)S(=O)[O-])cc1. The molecule has 7 heteroatoms. The summed E-state index contributed by atoms with van der Waals surface area (Å²) in [4.78, 5) is 12.8. The number of amides is 1. The molecule has 1 heterocycles. The van der Waals surface area contributed by atoms with E-state index in [1.807, 2.05) is 4.90 Å². The number of ether oxygens (including phenoxy) is 1. The maximum atomic E-state index is 11.4. The number of nitrogens with two attached hydrogens (primary N) is 1. The molecule has 1 saturated heterocycles. The smallest absolute Gasteiger partial charge is 0.248 e. The second-order valence-electron chi connectivity index (χ2n) is 4.25. The van der Waals surface area contributed by atoms with Crippen LogP contribution in [0.2, 0.25) is 0 Å². The van der Waals surface area contributed by atoms with E-state index in [1.54, 1.807) is 12.1 Å². The van der Waals surface area contributed by atoms with Crippen molar-refractivity contribution in [3.63, 3.8) is 0 Å². The zero-order valence-corrected chi connectivity index (χ0v) is 11.1. The molecule has 2 atom stereocenters. The van der Waals surface area contributed by atoms with E-state index in [9.17, 15) is 13.6 Å². The molecule has 1 aromatic carbocycles. The maximum absolute atomic E-state index is 11.4. The topological polar surface area (TPSA) is 95.7 Å². The lowest BCUT2D eigenvalue weighted by molar-refractivity contribution is 0.0305. The van der Waals surface area contributed by atoms with Crippen LogP contribution in [0, 0.1) is 0 Å². The molecule has 0 bridgehead atoms. The van der Waals surface area contributed by atoms with Crippen molar-refractivity contribution in [3.05, 3.63) is 35.4 Å². The Morgan fingerprint density at radius 1 is 1.32 bits per heavy atom. The Balaban J connectivity index is 2.23. The van der Waals surface area contributed by atoms with Crippen LogP contribution < -0.4 is 5.73 Å². The summed E-state index contributed by atoms with van der Waals surface area (Å²) in [6.07, 6.45) is 0. The highest BCUT2D eigenvalue weighted by molar-refractivity contribution is 7.79. The van der Waals surface area contributed by atoms with Crippen LogP contribution >= 0.6 is 0 Å². The van der Waals surface area contributed by atoms with Crippen LogP contribution in [0.5, 0.6) is 0 Å². The minimum atomic E-state index is -2.27. The largest absolute Gasteiger partial charge is 0.771 e. The molecule has 0 spiro atoms. The van der Waals surface area contributed by atoms with Crippen LogP contribution in [-0.2, 0) is 15.8 Å². The summed E-state index contributed by atoms with van der Waals surface area (Å²) in [5.41, 5.74) is 6.14. The summed E-state index contributed by atoms with van der Waals surface area (Å²) in [5.74, 6) is -0.530. The van der Waals surface area contributed by atoms with Gasteiger partial charge in [0.2, 0.25) is 5.91 Å². The predicted octanol–water partition coefficient (Wildman–Crippen LogP) is -0.00460. The van der Waals surface area contributed by atoms with Gasteiger partial charge >= 0.3 is 0 Å². The number of hydrogen-bond acceptors (Lipinski definition) is 5. The van der Waals surface area contributed by atoms with Gasteiger partial charge in [-0.05, 0) is 28.8 Å². The van der Waals surface area contributed by atoms with Crippen molar-refractivity contribution >= 4 is 17.0 Å². The van der Waals surface area contributed by atoms with E-state index in [4.69, 9.17) is 10.5 Å². The Morgan fingerprint density at radius 2 is 1.89 bits per heavy atom. The van der Waals surface area contributed by atoms with Gasteiger partial charge in [-0.25, -0.2) is 0 Å². The number of primary amides is 1. The van der Waals surface area contributed by atoms with Crippen molar-refractivity contribution in [2.45, 2.75) is 5.37 Å². The standard InChI is InChI=1S/C12H16N2O4S/c13-11(15)9-1-3-10(4-2-9)12(19(16)17)14-5-7-18-8-6-14/h1-4,12H,5-8H2,(H2,13,15)(H,16,17)/p-1. The van der Waals surface area contributed by atoms with Gasteiger partial charge in [0.1, 0.15) is 0 Å². The van der Waals surface area contributed by atoms with E-state index >= 15 is 0 Å². The van der Waals surface area contributed by atoms with Crippen molar-refractivity contribution in [1.82, 2.24) is 4.90 Å². The molecule has 2 unspecified atom stereocenters. The summed E-state index contributed by atoms with van der Waals surface area (Å²) in [5, 5.41) is -0.717. The van der Waals surface area contributed by atoms with Crippen molar-refractivity contribution in [1.29, 1.82) is 0 Å². The summed E-state index contributed by atoms with van der Waals surface area (Å²) in [6.45, 7) is 2.17. The monoisotopic (exact) mass is 283 g/mol. The van der Waals surface area contributed by atoms with Crippen molar-refractivity contribution < 1.29 is 18.3 Å². The van der Waals surface area contributed by atoms with Gasteiger partial charge in [-0.2, -0.15) is 0 Å². The molecular formula is C12H15N2O4S-. The third-order valence-electron chi connectivity index (χ3n) is 3.04. The molecule has 1 fully saturated rings. The van der Waals surface area contributed by atoms with Crippen LogP contribution in [0.4, 0.5) is 0 Å². The average Bonchev–Trinajstić information content (AvgIpc) is 2.40. The molecule has 104 valence electrons. The fraction of sp³-hybridized carbons (Fsp3) is 0.417. The fourth-order valence-electron chi connectivity index (χ4n) is 2.07. The third-order valence-corrected chi connectivity index (χ3v) is 3.97. The zero-order valence-electron chi connectivity index (χ0n) is 10.3. The Labute approximate surface area is 113 Å². The lowest BCUT2D eigenvalue weighted by atomic mass is 10.1. The molecule has 6 nitrogen and oxygen atoms in total. The van der Waals surface area contributed by atoms with Crippen LogP contribution in [0.1, 0.15) is 21.3 Å². The number of carbonyl (C=O) groups is 1. The molecule has 1 aliphatic heterocycles. The predicted molar refractivity (Wildman–Crippen MR) is 69.0 cm³/mol. The average molecular weight is 283 g/mol. The van der Waals surface area contributed by atoms with Gasteiger partial charge in [0.15, 0.2) is 0 Å². The van der Waals surface area contributed by atoms with Gasteiger partial charge < -0.3 is 15.0 Å². The third kappa shape index (κ3) is 3.38. The summed E-state index contributed by atoms with van der Waals surface area (Å²) >= 11 is -2.27.